The molecule has 0 spiro atoms. The van der Waals surface area contributed by atoms with E-state index in [1.54, 1.807) is 19.1 Å². The maximum Gasteiger partial charge on any atom is 0.251 e. The second kappa shape index (κ2) is 7.38. The molecule has 2 aromatic rings. The van der Waals surface area contributed by atoms with Crippen LogP contribution in [0.4, 0.5) is 0 Å². The molecule has 0 radical (unpaired) electrons. The Morgan fingerprint density at radius 2 is 2.15 bits per heavy atom. The first kappa shape index (κ1) is 18.3. The van der Waals surface area contributed by atoms with Crippen LogP contribution in [-0.4, -0.2) is 41.9 Å². The zero-order valence-electron chi connectivity index (χ0n) is 14.6. The number of aryl methyl sites for hydroxylation is 1. The van der Waals surface area contributed by atoms with Crippen molar-refractivity contribution < 1.29 is 17.7 Å². The zero-order chi connectivity index (χ0) is 18.7. The Kier molecular flexibility index (Phi) is 5.19. The molecule has 1 aromatic heterocycles. The van der Waals surface area contributed by atoms with Gasteiger partial charge in [0.15, 0.2) is 5.82 Å². The summed E-state index contributed by atoms with van der Waals surface area (Å²) in [6.45, 7) is 4.54. The van der Waals surface area contributed by atoms with Crippen LogP contribution in [0.1, 0.15) is 35.4 Å². The lowest BCUT2D eigenvalue weighted by atomic mass is 10.1. The first-order chi connectivity index (χ1) is 12.4. The van der Waals surface area contributed by atoms with E-state index in [2.05, 4.69) is 15.5 Å². The summed E-state index contributed by atoms with van der Waals surface area (Å²) in [5.74, 6) is 0.363. The van der Waals surface area contributed by atoms with Gasteiger partial charge in [-0.15, -0.1) is 0 Å². The number of hydrogen-bond acceptors (Lipinski definition) is 6. The molecule has 3 rings (SSSR count). The molecule has 1 aliphatic heterocycles. The number of benzene rings is 1. The lowest BCUT2D eigenvalue weighted by molar-refractivity contribution is 0.0949. The van der Waals surface area contributed by atoms with E-state index in [0.717, 1.165) is 0 Å². The van der Waals surface area contributed by atoms with Crippen LogP contribution in [0.3, 0.4) is 0 Å². The molecule has 8 nitrogen and oxygen atoms in total. The average molecular weight is 376 g/mol. The quantitative estimate of drug-likeness (QED) is 0.796. The van der Waals surface area contributed by atoms with Gasteiger partial charge in [-0.3, -0.25) is 4.79 Å². The summed E-state index contributed by atoms with van der Waals surface area (Å²) >= 11 is 0. The largest absolute Gasteiger partial charge is 0.345 e. The van der Waals surface area contributed by atoms with E-state index >= 15 is 0 Å². The predicted octanol–water partition coefficient (Wildman–Crippen LogP) is 1.65. The standard InChI is InChI=1S/C17H20N4O4S/c1-12-6-8-21(9-7-12)26(23,24)15-5-3-4-14(10-15)17(22)18-11-16-19-13(2)25-20-16/h3-6,10H,7-9,11H2,1-2H3,(H,18,22). The summed E-state index contributed by atoms with van der Waals surface area (Å²) in [7, 11) is -3.64. The maximum absolute atomic E-state index is 12.8. The molecular formula is C17H20N4O4S. The Hall–Kier alpha value is -2.52. The van der Waals surface area contributed by atoms with E-state index in [1.807, 2.05) is 13.0 Å². The van der Waals surface area contributed by atoms with Gasteiger partial charge in [-0.05, 0) is 31.5 Å². The molecular weight excluding hydrogens is 356 g/mol. The van der Waals surface area contributed by atoms with E-state index in [-0.39, 0.29) is 17.0 Å². The SMILES string of the molecule is CC1=CCN(S(=O)(=O)c2cccc(C(=O)NCc3noc(C)n3)c2)CC1. The smallest absolute Gasteiger partial charge is 0.251 e. The molecule has 0 unspecified atom stereocenters. The second-order valence-electron chi connectivity index (χ2n) is 6.10. The lowest BCUT2D eigenvalue weighted by Crippen LogP contribution is -2.34. The van der Waals surface area contributed by atoms with E-state index in [9.17, 15) is 13.2 Å². The van der Waals surface area contributed by atoms with Crippen molar-refractivity contribution >= 4 is 15.9 Å². The summed E-state index contributed by atoms with van der Waals surface area (Å²) in [5.41, 5.74) is 1.44. The van der Waals surface area contributed by atoms with Gasteiger partial charge >= 0.3 is 0 Å². The highest BCUT2D eigenvalue weighted by atomic mass is 32.2. The summed E-state index contributed by atoms with van der Waals surface area (Å²) < 4.78 is 31.8. The number of aromatic nitrogens is 2. The fraction of sp³-hybridized carbons (Fsp3) is 0.353. The van der Waals surface area contributed by atoms with Crippen molar-refractivity contribution in [2.75, 3.05) is 13.1 Å². The minimum absolute atomic E-state index is 0.101. The van der Waals surface area contributed by atoms with Crippen LogP contribution in [0.5, 0.6) is 0 Å². The first-order valence-electron chi connectivity index (χ1n) is 8.19. The zero-order valence-corrected chi connectivity index (χ0v) is 15.4. The molecule has 0 saturated heterocycles. The second-order valence-corrected chi connectivity index (χ2v) is 8.04. The highest BCUT2D eigenvalue weighted by Gasteiger charge is 2.26. The van der Waals surface area contributed by atoms with Crippen LogP contribution in [0, 0.1) is 6.92 Å². The molecule has 1 N–H and O–H groups in total. The number of rotatable bonds is 5. The predicted molar refractivity (Wildman–Crippen MR) is 93.8 cm³/mol. The molecule has 1 aliphatic rings. The van der Waals surface area contributed by atoms with Gasteiger partial charge in [0, 0.05) is 25.6 Å². The minimum atomic E-state index is -3.64. The van der Waals surface area contributed by atoms with E-state index in [1.165, 1.54) is 22.0 Å². The Bertz CT molecular complexity index is 949. The van der Waals surface area contributed by atoms with Crippen molar-refractivity contribution in [1.82, 2.24) is 19.8 Å². The monoisotopic (exact) mass is 376 g/mol. The van der Waals surface area contributed by atoms with Crippen molar-refractivity contribution in [3.63, 3.8) is 0 Å². The number of nitrogens with one attached hydrogen (secondary N) is 1. The lowest BCUT2D eigenvalue weighted by Gasteiger charge is -2.24. The summed E-state index contributed by atoms with van der Waals surface area (Å²) in [6.07, 6.45) is 2.62. The van der Waals surface area contributed by atoms with E-state index in [4.69, 9.17) is 4.52 Å². The Morgan fingerprint density at radius 1 is 1.35 bits per heavy atom. The third kappa shape index (κ3) is 4.00. The van der Waals surface area contributed by atoms with Crippen LogP contribution in [0.2, 0.25) is 0 Å². The van der Waals surface area contributed by atoms with Crippen LogP contribution in [0.15, 0.2) is 45.3 Å². The van der Waals surface area contributed by atoms with Gasteiger partial charge in [-0.1, -0.05) is 22.9 Å². The van der Waals surface area contributed by atoms with Gasteiger partial charge in [-0.2, -0.15) is 9.29 Å². The van der Waals surface area contributed by atoms with Crippen LogP contribution in [0.25, 0.3) is 0 Å². The summed E-state index contributed by atoms with van der Waals surface area (Å²) in [6, 6.07) is 6.01. The Labute approximate surface area is 151 Å². The first-order valence-corrected chi connectivity index (χ1v) is 9.63. The molecule has 2 heterocycles. The maximum atomic E-state index is 12.8. The van der Waals surface area contributed by atoms with Gasteiger partial charge in [0.25, 0.3) is 5.91 Å². The van der Waals surface area contributed by atoms with Crippen molar-refractivity contribution in [3.05, 3.63) is 53.2 Å². The molecule has 1 amide bonds. The molecule has 0 atom stereocenters. The van der Waals surface area contributed by atoms with Crippen LogP contribution < -0.4 is 5.32 Å². The normalized spacial score (nSPS) is 15.5. The molecule has 0 bridgehead atoms. The molecule has 1 aromatic carbocycles. The molecule has 26 heavy (non-hydrogen) atoms. The number of sulfonamides is 1. The third-order valence-electron chi connectivity index (χ3n) is 4.11. The van der Waals surface area contributed by atoms with E-state index in [0.29, 0.717) is 31.2 Å². The van der Waals surface area contributed by atoms with Crippen molar-refractivity contribution in [2.24, 2.45) is 0 Å². The Morgan fingerprint density at radius 3 is 2.81 bits per heavy atom. The van der Waals surface area contributed by atoms with Crippen molar-refractivity contribution in [1.29, 1.82) is 0 Å². The highest BCUT2D eigenvalue weighted by molar-refractivity contribution is 7.89. The average Bonchev–Trinajstić information content (AvgIpc) is 3.05. The fourth-order valence-corrected chi connectivity index (χ4v) is 4.02. The topological polar surface area (TPSA) is 105 Å². The number of amides is 1. The highest BCUT2D eigenvalue weighted by Crippen LogP contribution is 2.21. The number of carbonyl (C=O) groups is 1. The number of nitrogens with zero attached hydrogens (tertiary/aromatic N) is 3. The van der Waals surface area contributed by atoms with Crippen LogP contribution in [-0.2, 0) is 16.6 Å². The number of carbonyl (C=O) groups excluding carboxylic acids is 1. The molecule has 0 aliphatic carbocycles. The molecule has 0 saturated carbocycles. The van der Waals surface area contributed by atoms with Gasteiger partial charge < -0.3 is 9.84 Å². The number of hydrogen-bond donors (Lipinski definition) is 1. The van der Waals surface area contributed by atoms with Gasteiger partial charge in [0.2, 0.25) is 15.9 Å². The minimum Gasteiger partial charge on any atom is -0.345 e. The van der Waals surface area contributed by atoms with Crippen molar-refractivity contribution in [3.8, 4) is 0 Å². The molecule has 9 heteroatoms. The van der Waals surface area contributed by atoms with Crippen molar-refractivity contribution in [2.45, 2.75) is 31.7 Å². The van der Waals surface area contributed by atoms with Gasteiger partial charge in [0.1, 0.15) is 0 Å². The van der Waals surface area contributed by atoms with Crippen LogP contribution >= 0.6 is 0 Å². The molecule has 0 fully saturated rings. The Balaban J connectivity index is 1.74. The fourth-order valence-electron chi connectivity index (χ4n) is 2.59. The summed E-state index contributed by atoms with van der Waals surface area (Å²) in [4.78, 5) is 16.4. The van der Waals surface area contributed by atoms with Gasteiger partial charge in [-0.25, -0.2) is 8.42 Å². The van der Waals surface area contributed by atoms with Gasteiger partial charge in [0.05, 0.1) is 11.4 Å². The third-order valence-corrected chi connectivity index (χ3v) is 5.97. The van der Waals surface area contributed by atoms with E-state index < -0.39 is 15.9 Å². The summed E-state index contributed by atoms with van der Waals surface area (Å²) in [5, 5.41) is 6.35. The molecule has 138 valence electrons.